The first-order valence-corrected chi connectivity index (χ1v) is 7.83. The van der Waals surface area contributed by atoms with Gasteiger partial charge in [0.1, 0.15) is 0 Å². The molecule has 0 saturated heterocycles. The van der Waals surface area contributed by atoms with Gasteiger partial charge in [0, 0.05) is 17.6 Å². The van der Waals surface area contributed by atoms with Gasteiger partial charge in [0.25, 0.3) is 11.7 Å². The molecule has 0 radical (unpaired) electrons. The predicted molar refractivity (Wildman–Crippen MR) is 82.3 cm³/mol. The lowest BCUT2D eigenvalue weighted by atomic mass is 10.1. The number of halogens is 1. The Hall–Kier alpha value is -1.36. The minimum atomic E-state index is -0.534. The smallest absolute Gasteiger partial charge is 0.296 e. The van der Waals surface area contributed by atoms with Gasteiger partial charge in [-0.1, -0.05) is 6.92 Å². The molecule has 4 nitrogen and oxygen atoms in total. The molecule has 0 aromatic heterocycles. The zero-order valence-electron chi connectivity index (χ0n) is 11.4. The summed E-state index contributed by atoms with van der Waals surface area (Å²) in [5.41, 5.74) is 2.16. The Balaban J connectivity index is 1.94. The number of nitrogens with zero attached hydrogens (tertiary/aromatic N) is 1. The average molecular weight is 337 g/mol. The molecule has 0 atom stereocenters. The van der Waals surface area contributed by atoms with Crippen LogP contribution in [0.4, 0.5) is 11.4 Å². The van der Waals surface area contributed by atoms with Gasteiger partial charge in [-0.05, 0) is 53.2 Å². The number of Topliss-reactive ketones (excluding diaryl/α,β-unsaturated/α-hetero) is 1. The average Bonchev–Trinajstić information content (AvgIpc) is 3.18. The van der Waals surface area contributed by atoms with Crippen LogP contribution in [-0.2, 0) is 4.79 Å². The minimum absolute atomic E-state index is 0.448. The van der Waals surface area contributed by atoms with Crippen LogP contribution in [0.15, 0.2) is 16.6 Å². The van der Waals surface area contributed by atoms with Crippen LogP contribution in [0.25, 0.3) is 0 Å². The van der Waals surface area contributed by atoms with Crippen molar-refractivity contribution in [2.24, 2.45) is 5.92 Å². The van der Waals surface area contributed by atoms with Crippen molar-refractivity contribution in [3.05, 3.63) is 22.2 Å². The van der Waals surface area contributed by atoms with Crippen LogP contribution in [-0.4, -0.2) is 24.8 Å². The molecule has 2 aliphatic rings. The minimum Gasteiger partial charge on any atom is -0.370 e. The molecule has 1 amide bonds. The van der Waals surface area contributed by atoms with Crippen LogP contribution in [0.3, 0.4) is 0 Å². The summed E-state index contributed by atoms with van der Waals surface area (Å²) in [6, 6.07) is 3.68. The lowest BCUT2D eigenvalue weighted by molar-refractivity contribution is -0.112. The van der Waals surface area contributed by atoms with Gasteiger partial charge in [0.15, 0.2) is 0 Å². The first-order chi connectivity index (χ1) is 9.60. The highest BCUT2D eigenvalue weighted by Gasteiger charge is 2.31. The lowest BCUT2D eigenvalue weighted by Gasteiger charge is -2.26. The van der Waals surface area contributed by atoms with E-state index in [0.29, 0.717) is 11.3 Å². The van der Waals surface area contributed by atoms with Crippen LogP contribution >= 0.6 is 15.9 Å². The lowest BCUT2D eigenvalue weighted by Crippen LogP contribution is -2.27. The van der Waals surface area contributed by atoms with E-state index in [1.165, 1.54) is 12.8 Å². The normalized spacial score (nSPS) is 17.1. The summed E-state index contributed by atoms with van der Waals surface area (Å²) < 4.78 is 0.884. The van der Waals surface area contributed by atoms with E-state index in [4.69, 9.17) is 0 Å². The summed E-state index contributed by atoms with van der Waals surface area (Å²) in [5, 5.41) is 2.64. The monoisotopic (exact) mass is 336 g/mol. The number of rotatable bonds is 5. The molecule has 1 saturated carbocycles. The molecule has 3 rings (SSSR count). The van der Waals surface area contributed by atoms with Gasteiger partial charge < -0.3 is 10.2 Å². The molecule has 1 fully saturated rings. The third-order valence-corrected chi connectivity index (χ3v) is 4.43. The van der Waals surface area contributed by atoms with Gasteiger partial charge in [-0.25, -0.2) is 0 Å². The standard InChI is InChI=1S/C15H17BrN2O2/c1-2-5-18(8-9-3-4-9)13-7-12-10(6-11(13)16)14(19)15(20)17-12/h6-7,9H,2-5,8H2,1H3,(H,17,19,20). The van der Waals surface area contributed by atoms with Gasteiger partial charge in [-0.15, -0.1) is 0 Å². The fourth-order valence-corrected chi connectivity index (χ4v) is 3.18. The number of nitrogens with one attached hydrogen (secondary N) is 1. The number of anilines is 2. The fraction of sp³-hybridized carbons (Fsp3) is 0.467. The maximum atomic E-state index is 11.7. The summed E-state index contributed by atoms with van der Waals surface area (Å²) >= 11 is 3.55. The Morgan fingerprint density at radius 1 is 1.35 bits per heavy atom. The van der Waals surface area contributed by atoms with Crippen molar-refractivity contribution in [2.75, 3.05) is 23.3 Å². The Kier molecular flexibility index (Phi) is 3.54. The number of ketones is 1. The molecule has 20 heavy (non-hydrogen) atoms. The van der Waals surface area contributed by atoms with Gasteiger partial charge >= 0.3 is 0 Å². The van der Waals surface area contributed by atoms with Gasteiger partial charge in [-0.3, -0.25) is 9.59 Å². The van der Waals surface area contributed by atoms with Crippen molar-refractivity contribution in [2.45, 2.75) is 26.2 Å². The number of carbonyl (C=O) groups is 2. The van der Waals surface area contributed by atoms with Crippen molar-refractivity contribution in [1.82, 2.24) is 0 Å². The maximum absolute atomic E-state index is 11.7. The summed E-state index contributed by atoms with van der Waals surface area (Å²) in [5.74, 6) is -0.192. The van der Waals surface area contributed by atoms with Gasteiger partial charge in [0.05, 0.1) is 16.9 Å². The molecule has 1 heterocycles. The van der Waals surface area contributed by atoms with Crippen LogP contribution in [0.1, 0.15) is 36.5 Å². The van der Waals surface area contributed by atoms with Crippen LogP contribution < -0.4 is 10.2 Å². The highest BCUT2D eigenvalue weighted by Crippen LogP contribution is 2.38. The zero-order valence-corrected chi connectivity index (χ0v) is 13.0. The highest BCUT2D eigenvalue weighted by molar-refractivity contribution is 9.10. The Labute approximate surface area is 126 Å². The predicted octanol–water partition coefficient (Wildman–Crippen LogP) is 3.21. The number of hydrogen-bond donors (Lipinski definition) is 1. The molecular formula is C15H17BrN2O2. The van der Waals surface area contributed by atoms with E-state index in [9.17, 15) is 9.59 Å². The van der Waals surface area contributed by atoms with Crippen LogP contribution in [0.5, 0.6) is 0 Å². The second-order valence-electron chi connectivity index (χ2n) is 5.52. The molecule has 1 aromatic rings. The van der Waals surface area contributed by atoms with Gasteiger partial charge in [0.2, 0.25) is 0 Å². The molecule has 1 aliphatic heterocycles. The summed E-state index contributed by atoms with van der Waals surface area (Å²) in [4.78, 5) is 25.5. The molecule has 0 spiro atoms. The van der Waals surface area contributed by atoms with Crippen molar-refractivity contribution in [3.8, 4) is 0 Å². The molecular weight excluding hydrogens is 320 g/mol. The molecule has 106 valence electrons. The molecule has 0 unspecified atom stereocenters. The third-order valence-electron chi connectivity index (χ3n) is 3.80. The first kappa shape index (κ1) is 13.6. The van der Waals surface area contributed by atoms with E-state index in [-0.39, 0.29) is 0 Å². The number of benzene rings is 1. The van der Waals surface area contributed by atoms with Gasteiger partial charge in [-0.2, -0.15) is 0 Å². The number of hydrogen-bond acceptors (Lipinski definition) is 3. The number of amides is 1. The Bertz CT molecular complexity index is 581. The van der Waals surface area contributed by atoms with Crippen molar-refractivity contribution < 1.29 is 9.59 Å². The number of carbonyl (C=O) groups excluding carboxylic acids is 2. The van der Waals surface area contributed by atoms with Crippen molar-refractivity contribution in [3.63, 3.8) is 0 Å². The SMILES string of the molecule is CCCN(CC1CC1)c1cc2c(cc1Br)C(=O)C(=O)N2. The zero-order chi connectivity index (χ0) is 14.3. The van der Waals surface area contributed by atoms with E-state index < -0.39 is 11.7 Å². The molecule has 1 aromatic carbocycles. The quantitative estimate of drug-likeness (QED) is 0.840. The summed E-state index contributed by atoms with van der Waals surface area (Å²) in [7, 11) is 0. The molecule has 0 bridgehead atoms. The maximum Gasteiger partial charge on any atom is 0.296 e. The second kappa shape index (κ2) is 5.20. The first-order valence-electron chi connectivity index (χ1n) is 7.04. The molecule has 5 heteroatoms. The number of fused-ring (bicyclic) bond motifs is 1. The Morgan fingerprint density at radius 2 is 2.10 bits per heavy atom. The fourth-order valence-electron chi connectivity index (χ4n) is 2.59. The summed E-state index contributed by atoms with van der Waals surface area (Å²) in [6.45, 7) is 4.19. The largest absolute Gasteiger partial charge is 0.370 e. The molecule has 1 aliphatic carbocycles. The van der Waals surface area contributed by atoms with E-state index in [1.54, 1.807) is 6.07 Å². The van der Waals surface area contributed by atoms with Crippen LogP contribution in [0.2, 0.25) is 0 Å². The molecule has 1 N–H and O–H groups in total. The second-order valence-corrected chi connectivity index (χ2v) is 6.38. The van der Waals surface area contributed by atoms with Crippen molar-refractivity contribution >= 4 is 39.0 Å². The van der Waals surface area contributed by atoms with E-state index in [1.807, 2.05) is 6.07 Å². The third kappa shape index (κ3) is 2.46. The van der Waals surface area contributed by atoms with Crippen molar-refractivity contribution in [1.29, 1.82) is 0 Å². The highest BCUT2D eigenvalue weighted by atomic mass is 79.9. The van der Waals surface area contributed by atoms with Crippen LogP contribution in [0, 0.1) is 5.92 Å². The topological polar surface area (TPSA) is 49.4 Å². The van der Waals surface area contributed by atoms with E-state index in [2.05, 4.69) is 33.1 Å². The van der Waals surface area contributed by atoms with E-state index >= 15 is 0 Å². The van der Waals surface area contributed by atoms with E-state index in [0.717, 1.165) is 35.6 Å². The summed E-state index contributed by atoms with van der Waals surface area (Å²) in [6.07, 6.45) is 3.68. The Morgan fingerprint density at radius 3 is 2.75 bits per heavy atom.